The Bertz CT molecular complexity index is 1040. The number of nitrogens with zero attached hydrogens (tertiary/aromatic N) is 3. The number of anilines is 1. The summed E-state index contributed by atoms with van der Waals surface area (Å²) in [7, 11) is 1.80. The molecule has 1 atom stereocenters. The van der Waals surface area contributed by atoms with Crippen LogP contribution in [0.1, 0.15) is 48.8 Å². The van der Waals surface area contributed by atoms with Crippen LogP contribution in [-0.2, 0) is 28.9 Å². The van der Waals surface area contributed by atoms with E-state index in [4.69, 9.17) is 0 Å². The zero-order valence-corrected chi connectivity index (χ0v) is 22.3. The quantitative estimate of drug-likeness (QED) is 0.515. The van der Waals surface area contributed by atoms with Crippen LogP contribution in [0.15, 0.2) is 48.5 Å². The number of carbonyl (C=O) groups is 2. The third-order valence-electron chi connectivity index (χ3n) is 8.28. The molecule has 5 nitrogen and oxygen atoms in total. The van der Waals surface area contributed by atoms with Crippen molar-refractivity contribution in [3.05, 3.63) is 65.2 Å². The van der Waals surface area contributed by atoms with Crippen molar-refractivity contribution in [2.24, 2.45) is 11.8 Å². The van der Waals surface area contributed by atoms with Gasteiger partial charge in [-0.05, 0) is 99.3 Å². The summed E-state index contributed by atoms with van der Waals surface area (Å²) in [4.78, 5) is 31.9. The maximum Gasteiger partial charge on any atom is 0.232 e. The first-order valence-corrected chi connectivity index (χ1v) is 13.5. The highest BCUT2D eigenvalue weighted by Crippen LogP contribution is 2.29. The van der Waals surface area contributed by atoms with E-state index in [0.29, 0.717) is 13.0 Å². The van der Waals surface area contributed by atoms with Crippen molar-refractivity contribution in [1.29, 1.82) is 0 Å². The molecule has 2 aromatic carbocycles. The molecule has 0 aromatic heterocycles. The summed E-state index contributed by atoms with van der Waals surface area (Å²) in [6.07, 6.45) is 8.43. The zero-order valence-electron chi connectivity index (χ0n) is 21.5. The van der Waals surface area contributed by atoms with Crippen LogP contribution in [0.25, 0.3) is 0 Å². The molecule has 6 heteroatoms. The number of halogens is 1. The highest BCUT2D eigenvalue weighted by molar-refractivity contribution is 5.99. The number of hydrogen-bond acceptors (Lipinski definition) is 3. The second-order valence-corrected chi connectivity index (χ2v) is 10.8. The van der Waals surface area contributed by atoms with Crippen molar-refractivity contribution in [3.8, 4) is 0 Å². The van der Waals surface area contributed by atoms with E-state index < -0.39 is 0 Å². The molecule has 0 spiro atoms. The third-order valence-corrected chi connectivity index (χ3v) is 8.28. The Morgan fingerprint density at radius 3 is 2.50 bits per heavy atom. The minimum absolute atomic E-state index is 0. The number of rotatable bonds is 8. The molecular formula is C30H40ClN3O2. The lowest BCUT2D eigenvalue weighted by Gasteiger charge is -2.33. The molecule has 0 bridgehead atoms. The van der Waals surface area contributed by atoms with Crippen LogP contribution in [0, 0.1) is 11.8 Å². The summed E-state index contributed by atoms with van der Waals surface area (Å²) in [5.41, 5.74) is 5.28. The first kappa shape index (κ1) is 26.7. The van der Waals surface area contributed by atoms with E-state index in [-0.39, 0.29) is 30.1 Å². The maximum absolute atomic E-state index is 13.6. The number of aryl methyl sites for hydroxylation is 2. The number of benzene rings is 2. The van der Waals surface area contributed by atoms with Gasteiger partial charge < -0.3 is 14.7 Å². The Balaban J connectivity index is 0.00000304. The predicted octanol–water partition coefficient (Wildman–Crippen LogP) is 4.75. The Kier molecular flexibility index (Phi) is 9.08. The second kappa shape index (κ2) is 12.2. The van der Waals surface area contributed by atoms with Crippen molar-refractivity contribution in [3.63, 3.8) is 0 Å². The Morgan fingerprint density at radius 2 is 1.78 bits per heavy atom. The molecule has 0 saturated carbocycles. The van der Waals surface area contributed by atoms with E-state index in [1.807, 2.05) is 4.90 Å². The lowest BCUT2D eigenvalue weighted by molar-refractivity contribution is -0.127. The van der Waals surface area contributed by atoms with Gasteiger partial charge in [-0.1, -0.05) is 36.4 Å². The summed E-state index contributed by atoms with van der Waals surface area (Å²) in [5.74, 6) is 0.738. The molecule has 2 amide bonds. The smallest absolute Gasteiger partial charge is 0.232 e. The summed E-state index contributed by atoms with van der Waals surface area (Å²) in [6, 6.07) is 17.4. The van der Waals surface area contributed by atoms with Crippen molar-refractivity contribution < 1.29 is 9.59 Å². The fraction of sp³-hybridized carbons (Fsp3) is 0.533. The number of carbonyl (C=O) groups excluding carboxylic acids is 2. The van der Waals surface area contributed by atoms with Crippen LogP contribution in [0.5, 0.6) is 0 Å². The highest BCUT2D eigenvalue weighted by atomic mass is 35.5. The van der Waals surface area contributed by atoms with Crippen LogP contribution < -0.4 is 4.90 Å². The first-order chi connectivity index (χ1) is 17.1. The van der Waals surface area contributed by atoms with Gasteiger partial charge in [0, 0.05) is 32.2 Å². The fourth-order valence-corrected chi connectivity index (χ4v) is 6.16. The molecule has 2 aromatic rings. The van der Waals surface area contributed by atoms with Gasteiger partial charge >= 0.3 is 0 Å². The molecule has 0 radical (unpaired) electrons. The minimum atomic E-state index is -0.227. The Morgan fingerprint density at radius 1 is 1.03 bits per heavy atom. The van der Waals surface area contributed by atoms with E-state index in [1.54, 1.807) is 11.9 Å². The predicted molar refractivity (Wildman–Crippen MR) is 148 cm³/mol. The van der Waals surface area contributed by atoms with Crippen molar-refractivity contribution in [2.45, 2.75) is 51.4 Å². The summed E-state index contributed by atoms with van der Waals surface area (Å²) in [5, 5.41) is 0. The van der Waals surface area contributed by atoms with Crippen LogP contribution in [0.2, 0.25) is 0 Å². The normalized spacial score (nSPS) is 20.3. The van der Waals surface area contributed by atoms with Gasteiger partial charge in [0.05, 0.1) is 5.92 Å². The van der Waals surface area contributed by atoms with Gasteiger partial charge in [-0.2, -0.15) is 0 Å². The fourth-order valence-electron chi connectivity index (χ4n) is 6.16. The summed E-state index contributed by atoms with van der Waals surface area (Å²) < 4.78 is 0. The average Bonchev–Trinajstić information content (AvgIpc) is 3.48. The number of hydrogen-bond donors (Lipinski definition) is 0. The van der Waals surface area contributed by atoms with Crippen LogP contribution in [0.4, 0.5) is 5.69 Å². The van der Waals surface area contributed by atoms with Gasteiger partial charge in [0.15, 0.2) is 0 Å². The second-order valence-electron chi connectivity index (χ2n) is 10.8. The molecular weight excluding hydrogens is 470 g/mol. The SMILES string of the molecule is CN1CC(C(=O)N(CCCN2CCC(Cc3ccccc3)CC2)c2ccc3c(c2)CCC3)CC1=O.Cl. The molecule has 2 saturated heterocycles. The largest absolute Gasteiger partial charge is 0.345 e. The van der Waals surface area contributed by atoms with Gasteiger partial charge in [0.2, 0.25) is 11.8 Å². The number of fused-ring (bicyclic) bond motifs is 1. The number of piperidine rings is 1. The molecule has 1 aliphatic carbocycles. The standard InChI is InChI=1S/C30H39N3O2.ClH/c1-31-22-27(21-29(31)34)30(35)33(28-12-11-25-9-5-10-26(25)20-28)16-6-15-32-17-13-24(14-18-32)19-23-7-3-2-4-8-23;/h2-4,7-8,11-12,20,24,27H,5-6,9-10,13-19,21-22H2,1H3;1H. The Labute approximate surface area is 222 Å². The highest BCUT2D eigenvalue weighted by Gasteiger charge is 2.35. The third kappa shape index (κ3) is 6.30. The minimum Gasteiger partial charge on any atom is -0.345 e. The van der Waals surface area contributed by atoms with Crippen molar-refractivity contribution in [1.82, 2.24) is 9.80 Å². The summed E-state index contributed by atoms with van der Waals surface area (Å²) in [6.45, 7) is 4.57. The van der Waals surface area contributed by atoms with Crippen molar-refractivity contribution >= 4 is 29.9 Å². The Hall–Kier alpha value is -2.37. The van der Waals surface area contributed by atoms with Gasteiger partial charge in [-0.25, -0.2) is 0 Å². The molecule has 0 N–H and O–H groups in total. The average molecular weight is 510 g/mol. The molecule has 5 rings (SSSR count). The van der Waals surface area contributed by atoms with Gasteiger partial charge in [0.1, 0.15) is 0 Å². The van der Waals surface area contributed by atoms with Crippen LogP contribution >= 0.6 is 12.4 Å². The topological polar surface area (TPSA) is 43.9 Å². The summed E-state index contributed by atoms with van der Waals surface area (Å²) >= 11 is 0. The van der Waals surface area contributed by atoms with Gasteiger partial charge in [-0.3, -0.25) is 9.59 Å². The van der Waals surface area contributed by atoms with Crippen LogP contribution in [0.3, 0.4) is 0 Å². The maximum atomic E-state index is 13.6. The van der Waals surface area contributed by atoms with E-state index in [1.165, 1.54) is 42.4 Å². The first-order valence-electron chi connectivity index (χ1n) is 13.5. The van der Waals surface area contributed by atoms with Gasteiger partial charge in [-0.15, -0.1) is 12.4 Å². The molecule has 1 unspecified atom stereocenters. The molecule has 2 fully saturated rings. The van der Waals surface area contributed by atoms with Gasteiger partial charge in [0.25, 0.3) is 0 Å². The molecule has 36 heavy (non-hydrogen) atoms. The molecule has 3 aliphatic rings. The van der Waals surface area contributed by atoms with E-state index in [9.17, 15) is 9.59 Å². The van der Waals surface area contributed by atoms with E-state index in [0.717, 1.165) is 57.0 Å². The van der Waals surface area contributed by atoms with E-state index >= 15 is 0 Å². The zero-order chi connectivity index (χ0) is 24.2. The monoisotopic (exact) mass is 509 g/mol. The molecule has 2 aliphatic heterocycles. The van der Waals surface area contributed by atoms with E-state index in [2.05, 4.69) is 53.4 Å². The van der Waals surface area contributed by atoms with Crippen LogP contribution in [-0.4, -0.2) is 61.4 Å². The lowest BCUT2D eigenvalue weighted by atomic mass is 9.90. The van der Waals surface area contributed by atoms with Crippen molar-refractivity contribution in [2.75, 3.05) is 44.7 Å². The number of likely N-dealkylation sites (tertiary alicyclic amines) is 2. The lowest BCUT2D eigenvalue weighted by Crippen LogP contribution is -2.40. The molecule has 2 heterocycles. The molecule has 194 valence electrons. The number of amides is 2.